The Morgan fingerprint density at radius 3 is 2.78 bits per heavy atom. The van der Waals surface area contributed by atoms with Gasteiger partial charge in [0.1, 0.15) is 24.3 Å². The fraction of sp³-hybridized carbons (Fsp3) is 0.391. The van der Waals surface area contributed by atoms with E-state index in [0.29, 0.717) is 24.7 Å². The lowest BCUT2D eigenvalue weighted by molar-refractivity contribution is 0.144. The van der Waals surface area contributed by atoms with Crippen LogP contribution in [0.3, 0.4) is 0 Å². The zero-order valence-corrected chi connectivity index (χ0v) is 18.1. The largest absolute Gasteiger partial charge is 0.475 e. The predicted molar refractivity (Wildman–Crippen MR) is 121 cm³/mol. The van der Waals surface area contributed by atoms with Gasteiger partial charge in [0, 0.05) is 25.4 Å². The van der Waals surface area contributed by atoms with Gasteiger partial charge in [0.2, 0.25) is 5.88 Å². The van der Waals surface area contributed by atoms with Crippen molar-refractivity contribution < 1.29 is 9.47 Å². The third kappa shape index (κ3) is 4.21. The van der Waals surface area contributed by atoms with E-state index in [-0.39, 0.29) is 6.04 Å². The summed E-state index contributed by atoms with van der Waals surface area (Å²) in [4.78, 5) is 14.3. The Labute approximate surface area is 186 Å². The number of nitrogens with zero attached hydrogens (tertiary/aromatic N) is 6. The first-order valence-corrected chi connectivity index (χ1v) is 11.0. The van der Waals surface area contributed by atoms with Gasteiger partial charge < -0.3 is 19.4 Å². The summed E-state index contributed by atoms with van der Waals surface area (Å²) in [6.45, 7) is 4.31. The second kappa shape index (κ2) is 9.46. The van der Waals surface area contributed by atoms with E-state index in [2.05, 4.69) is 54.4 Å². The second-order valence-electron chi connectivity index (χ2n) is 7.94. The monoisotopic (exact) mass is 433 g/mol. The van der Waals surface area contributed by atoms with E-state index < -0.39 is 0 Å². The van der Waals surface area contributed by atoms with Crippen LogP contribution in [0.1, 0.15) is 24.4 Å². The van der Waals surface area contributed by atoms with Crippen molar-refractivity contribution in [2.45, 2.75) is 18.9 Å². The van der Waals surface area contributed by atoms with Gasteiger partial charge in [-0.25, -0.2) is 14.6 Å². The maximum Gasteiger partial charge on any atom is 0.226 e. The molecule has 3 aromatic heterocycles. The number of likely N-dealkylation sites (tertiary alicyclic amines) is 1. The van der Waals surface area contributed by atoms with Crippen molar-refractivity contribution in [1.82, 2.24) is 34.8 Å². The quantitative estimate of drug-likeness (QED) is 0.384. The lowest BCUT2D eigenvalue weighted by Gasteiger charge is -2.32. The molecule has 0 bridgehead atoms. The Kier molecular flexibility index (Phi) is 6.09. The highest BCUT2D eigenvalue weighted by atomic mass is 16.5. The summed E-state index contributed by atoms with van der Waals surface area (Å²) in [7, 11) is 1.64. The highest BCUT2D eigenvalue weighted by Gasteiger charge is 2.22. The molecule has 0 aliphatic carbocycles. The molecule has 0 spiro atoms. The molecule has 4 heterocycles. The normalized spacial score (nSPS) is 15.0. The first-order chi connectivity index (χ1) is 15.8. The molecule has 0 radical (unpaired) electrons. The number of H-pyrrole nitrogens is 1. The number of ether oxygens (including phenoxy) is 2. The standard InChI is InChI=1S/C23H27N7O2/c1-31-12-13-32-23-21-18(14-24-22(21)25-16-26-23)19-15-30(28-27-19)20(8-11-29-9-5-10-29)17-6-3-2-4-7-17/h2-4,6-7,14-16,20H,5,8-13H2,1H3,(H,24,25,26). The van der Waals surface area contributed by atoms with Gasteiger partial charge in [0.15, 0.2) is 0 Å². The number of fused-ring (bicyclic) bond motifs is 1. The highest BCUT2D eigenvalue weighted by molar-refractivity contribution is 5.95. The van der Waals surface area contributed by atoms with Crippen LogP contribution >= 0.6 is 0 Å². The zero-order valence-electron chi connectivity index (χ0n) is 18.1. The SMILES string of the molecule is COCCOc1ncnc2[nH]cc(-c3cn(C(CCN4CCC4)c4ccccc4)nn3)c12. The molecule has 1 aromatic carbocycles. The van der Waals surface area contributed by atoms with Crippen molar-refractivity contribution in [2.75, 3.05) is 40.0 Å². The molecule has 1 N–H and O–H groups in total. The van der Waals surface area contributed by atoms with Gasteiger partial charge >= 0.3 is 0 Å². The van der Waals surface area contributed by atoms with Gasteiger partial charge in [-0.2, -0.15) is 0 Å². The number of aromatic nitrogens is 6. The molecular formula is C23H27N7O2. The third-order valence-corrected chi connectivity index (χ3v) is 5.92. The molecule has 1 aliphatic heterocycles. The molecule has 0 saturated carbocycles. The minimum Gasteiger partial charge on any atom is -0.475 e. The molecule has 1 unspecified atom stereocenters. The highest BCUT2D eigenvalue weighted by Crippen LogP contribution is 2.33. The summed E-state index contributed by atoms with van der Waals surface area (Å²) >= 11 is 0. The van der Waals surface area contributed by atoms with Gasteiger partial charge in [0.25, 0.3) is 0 Å². The van der Waals surface area contributed by atoms with E-state index in [1.807, 2.05) is 23.1 Å². The Hall–Kier alpha value is -3.30. The van der Waals surface area contributed by atoms with Crippen LogP contribution in [-0.2, 0) is 4.74 Å². The minimum atomic E-state index is 0.122. The molecule has 1 saturated heterocycles. The van der Waals surface area contributed by atoms with Crippen LogP contribution in [0, 0.1) is 0 Å². The molecule has 5 rings (SSSR count). The number of aromatic amines is 1. The summed E-state index contributed by atoms with van der Waals surface area (Å²) in [5.74, 6) is 0.509. The number of hydrogen-bond donors (Lipinski definition) is 1. The third-order valence-electron chi connectivity index (χ3n) is 5.92. The van der Waals surface area contributed by atoms with Crippen LogP contribution in [0.4, 0.5) is 0 Å². The molecule has 0 amide bonds. The lowest BCUT2D eigenvalue weighted by Crippen LogP contribution is -2.38. The second-order valence-corrected chi connectivity index (χ2v) is 7.94. The maximum absolute atomic E-state index is 5.83. The maximum atomic E-state index is 5.83. The molecule has 1 fully saturated rings. The van der Waals surface area contributed by atoms with Crippen molar-refractivity contribution in [2.24, 2.45) is 0 Å². The van der Waals surface area contributed by atoms with Crippen LogP contribution in [0.15, 0.2) is 49.1 Å². The fourth-order valence-corrected chi connectivity index (χ4v) is 4.06. The Balaban J connectivity index is 1.45. The Morgan fingerprint density at radius 1 is 1.12 bits per heavy atom. The van der Waals surface area contributed by atoms with Gasteiger partial charge in [-0.05, 0) is 31.5 Å². The van der Waals surface area contributed by atoms with E-state index in [1.54, 1.807) is 7.11 Å². The first kappa shape index (κ1) is 20.6. The van der Waals surface area contributed by atoms with Crippen molar-refractivity contribution in [1.29, 1.82) is 0 Å². The Morgan fingerprint density at radius 2 is 2.00 bits per heavy atom. The van der Waals surface area contributed by atoms with Crippen molar-refractivity contribution in [3.05, 3.63) is 54.6 Å². The number of nitrogens with one attached hydrogen (secondary N) is 1. The van der Waals surface area contributed by atoms with E-state index in [1.165, 1.54) is 31.4 Å². The van der Waals surface area contributed by atoms with Gasteiger partial charge in [-0.1, -0.05) is 35.5 Å². The van der Waals surface area contributed by atoms with Crippen molar-refractivity contribution in [3.63, 3.8) is 0 Å². The first-order valence-electron chi connectivity index (χ1n) is 11.0. The summed E-state index contributed by atoms with van der Waals surface area (Å²) < 4.78 is 12.9. The molecule has 9 nitrogen and oxygen atoms in total. The van der Waals surface area contributed by atoms with E-state index in [0.717, 1.165) is 29.6 Å². The zero-order chi connectivity index (χ0) is 21.8. The molecule has 9 heteroatoms. The van der Waals surface area contributed by atoms with E-state index in [4.69, 9.17) is 9.47 Å². The smallest absolute Gasteiger partial charge is 0.226 e. The molecule has 32 heavy (non-hydrogen) atoms. The van der Waals surface area contributed by atoms with Gasteiger partial charge in [-0.3, -0.25) is 0 Å². The van der Waals surface area contributed by atoms with Crippen LogP contribution in [0.2, 0.25) is 0 Å². The molecule has 4 aromatic rings. The average Bonchev–Trinajstić information content (AvgIpc) is 3.44. The summed E-state index contributed by atoms with van der Waals surface area (Å²) in [6, 6.07) is 10.6. The van der Waals surface area contributed by atoms with Crippen LogP contribution in [0.5, 0.6) is 5.88 Å². The van der Waals surface area contributed by atoms with Gasteiger partial charge in [-0.15, -0.1) is 5.10 Å². The molecule has 1 atom stereocenters. The number of hydrogen-bond acceptors (Lipinski definition) is 7. The number of rotatable bonds is 10. The molecular weight excluding hydrogens is 406 g/mol. The van der Waals surface area contributed by atoms with Crippen LogP contribution in [-0.4, -0.2) is 74.8 Å². The van der Waals surface area contributed by atoms with E-state index >= 15 is 0 Å². The van der Waals surface area contributed by atoms with Crippen molar-refractivity contribution >= 4 is 11.0 Å². The summed E-state index contributed by atoms with van der Waals surface area (Å²) in [5.41, 5.74) is 3.56. The van der Waals surface area contributed by atoms with Crippen LogP contribution in [0.25, 0.3) is 22.3 Å². The minimum absolute atomic E-state index is 0.122. The van der Waals surface area contributed by atoms with E-state index in [9.17, 15) is 0 Å². The molecule has 1 aliphatic rings. The molecule has 166 valence electrons. The summed E-state index contributed by atoms with van der Waals surface area (Å²) in [6.07, 6.45) is 7.65. The van der Waals surface area contributed by atoms with Gasteiger partial charge in [0.05, 0.1) is 24.2 Å². The average molecular weight is 434 g/mol. The fourth-order valence-electron chi connectivity index (χ4n) is 4.06. The number of benzene rings is 1. The number of methoxy groups -OCH3 is 1. The topological polar surface area (TPSA) is 94.0 Å². The van der Waals surface area contributed by atoms with Crippen molar-refractivity contribution in [3.8, 4) is 17.1 Å². The van der Waals surface area contributed by atoms with Crippen LogP contribution < -0.4 is 4.74 Å². The predicted octanol–water partition coefficient (Wildman–Crippen LogP) is 2.93. The lowest BCUT2D eigenvalue weighted by atomic mass is 10.0. The Bertz CT molecular complexity index is 1150. The summed E-state index contributed by atoms with van der Waals surface area (Å²) in [5, 5.41) is 9.81.